The summed E-state index contributed by atoms with van der Waals surface area (Å²) in [7, 11) is 0. The van der Waals surface area contributed by atoms with Gasteiger partial charge in [-0.15, -0.1) is 11.3 Å². The highest BCUT2D eigenvalue weighted by atomic mass is 32.1. The van der Waals surface area contributed by atoms with Crippen molar-refractivity contribution >= 4 is 11.3 Å². The van der Waals surface area contributed by atoms with E-state index in [9.17, 15) is 0 Å². The van der Waals surface area contributed by atoms with Gasteiger partial charge < -0.3 is 14.8 Å². The second-order valence-electron chi connectivity index (χ2n) is 4.01. The molecule has 1 atom stereocenters. The normalized spacial score (nSPS) is 13.2. The molecule has 0 amide bonds. The first kappa shape index (κ1) is 15.6. The lowest BCUT2D eigenvalue weighted by Gasteiger charge is -2.26. The lowest BCUT2D eigenvalue weighted by molar-refractivity contribution is -0.153. The van der Waals surface area contributed by atoms with Crippen LogP contribution in [0.5, 0.6) is 0 Å². The summed E-state index contributed by atoms with van der Waals surface area (Å²) in [5, 5.41) is 6.63. The smallest absolute Gasteiger partial charge is 0.173 e. The maximum atomic E-state index is 5.67. The molecule has 1 rings (SSSR count). The highest BCUT2D eigenvalue weighted by Gasteiger charge is 2.22. The molecule has 0 bridgehead atoms. The van der Waals surface area contributed by atoms with Gasteiger partial charge >= 0.3 is 0 Å². The van der Waals surface area contributed by atoms with Crippen LogP contribution in [-0.2, 0) is 15.9 Å². The molecule has 0 aliphatic rings. The zero-order valence-electron chi connectivity index (χ0n) is 11.7. The third kappa shape index (κ3) is 5.02. The summed E-state index contributed by atoms with van der Waals surface area (Å²) < 4.78 is 11.3. The van der Waals surface area contributed by atoms with E-state index in [2.05, 4.69) is 22.6 Å². The first-order valence-electron chi connectivity index (χ1n) is 6.58. The topological polar surface area (TPSA) is 43.4 Å². The molecule has 1 unspecified atom stereocenters. The van der Waals surface area contributed by atoms with E-state index in [0.717, 1.165) is 23.7 Å². The predicted molar refractivity (Wildman–Crippen MR) is 75.1 cm³/mol. The van der Waals surface area contributed by atoms with Gasteiger partial charge in [-0.25, -0.2) is 4.98 Å². The predicted octanol–water partition coefficient (Wildman–Crippen LogP) is 2.37. The Balaban J connectivity index is 2.66. The Labute approximate surface area is 114 Å². The van der Waals surface area contributed by atoms with E-state index in [1.807, 2.05) is 20.8 Å². The molecule has 1 aromatic heterocycles. The van der Waals surface area contributed by atoms with Crippen LogP contribution in [0.15, 0.2) is 5.38 Å². The van der Waals surface area contributed by atoms with Gasteiger partial charge in [0.25, 0.3) is 0 Å². The molecular formula is C13H24N2O2S. The molecule has 0 spiro atoms. The van der Waals surface area contributed by atoms with Crippen LogP contribution in [0.1, 0.15) is 31.5 Å². The lowest BCUT2D eigenvalue weighted by atomic mass is 10.1. The van der Waals surface area contributed by atoms with Crippen molar-refractivity contribution < 1.29 is 9.47 Å². The number of hydrogen-bond donors (Lipinski definition) is 1. The first-order valence-corrected chi connectivity index (χ1v) is 7.46. The molecule has 18 heavy (non-hydrogen) atoms. The maximum absolute atomic E-state index is 5.67. The number of thiazole rings is 1. The third-order valence-electron chi connectivity index (χ3n) is 2.55. The largest absolute Gasteiger partial charge is 0.351 e. The van der Waals surface area contributed by atoms with E-state index in [0.29, 0.717) is 13.2 Å². The number of ether oxygens (including phenoxy) is 2. The highest BCUT2D eigenvalue weighted by molar-refractivity contribution is 7.09. The number of likely N-dealkylation sites (N-methyl/N-ethyl adjacent to an activating group) is 1. The molecule has 5 heteroatoms. The van der Waals surface area contributed by atoms with Gasteiger partial charge in [-0.1, -0.05) is 6.92 Å². The van der Waals surface area contributed by atoms with Crippen molar-refractivity contribution in [2.24, 2.45) is 0 Å². The van der Waals surface area contributed by atoms with Crippen LogP contribution < -0.4 is 5.32 Å². The summed E-state index contributed by atoms with van der Waals surface area (Å²) in [6, 6.07) is 0.149. The second-order valence-corrected chi connectivity index (χ2v) is 5.07. The molecular weight excluding hydrogens is 248 g/mol. The summed E-state index contributed by atoms with van der Waals surface area (Å²) in [6.45, 7) is 10.3. The summed E-state index contributed by atoms with van der Waals surface area (Å²) in [5.74, 6) is 0. The quantitative estimate of drug-likeness (QED) is 0.701. The van der Waals surface area contributed by atoms with E-state index in [-0.39, 0.29) is 12.3 Å². The Morgan fingerprint density at radius 2 is 1.94 bits per heavy atom. The average Bonchev–Trinajstić information content (AvgIpc) is 2.74. The molecule has 4 nitrogen and oxygen atoms in total. The fourth-order valence-electron chi connectivity index (χ4n) is 1.86. The van der Waals surface area contributed by atoms with E-state index in [1.54, 1.807) is 11.3 Å². The number of aryl methyl sites for hydroxylation is 1. The molecule has 0 fully saturated rings. The molecule has 0 aliphatic carbocycles. The number of nitrogens with zero attached hydrogens (tertiary/aromatic N) is 1. The fraction of sp³-hybridized carbons (Fsp3) is 0.769. The average molecular weight is 272 g/mol. The van der Waals surface area contributed by atoms with Crippen molar-refractivity contribution in [3.63, 3.8) is 0 Å². The number of rotatable bonds is 9. The van der Waals surface area contributed by atoms with Crippen molar-refractivity contribution in [3.8, 4) is 0 Å². The fourth-order valence-corrected chi connectivity index (χ4v) is 2.49. The SMILES string of the molecule is CCNC(Cc1csc(C)n1)C(OCC)OCC. The molecule has 0 saturated heterocycles. The van der Waals surface area contributed by atoms with Crippen molar-refractivity contribution in [1.29, 1.82) is 0 Å². The minimum atomic E-state index is -0.207. The Morgan fingerprint density at radius 1 is 1.28 bits per heavy atom. The highest BCUT2D eigenvalue weighted by Crippen LogP contribution is 2.13. The summed E-state index contributed by atoms with van der Waals surface area (Å²) in [5.41, 5.74) is 1.10. The molecule has 1 aromatic rings. The molecule has 1 heterocycles. The van der Waals surface area contributed by atoms with E-state index in [1.165, 1.54) is 0 Å². The van der Waals surface area contributed by atoms with E-state index >= 15 is 0 Å². The van der Waals surface area contributed by atoms with Crippen LogP contribution in [0.25, 0.3) is 0 Å². The van der Waals surface area contributed by atoms with E-state index < -0.39 is 0 Å². The monoisotopic (exact) mass is 272 g/mol. The summed E-state index contributed by atoms with van der Waals surface area (Å²) >= 11 is 1.68. The van der Waals surface area contributed by atoms with Crippen LogP contribution in [0.4, 0.5) is 0 Å². The van der Waals surface area contributed by atoms with Crippen molar-refractivity contribution in [1.82, 2.24) is 10.3 Å². The summed E-state index contributed by atoms with van der Waals surface area (Å²) in [6.07, 6.45) is 0.630. The van der Waals surface area contributed by atoms with Gasteiger partial charge in [0, 0.05) is 25.0 Å². The minimum Gasteiger partial charge on any atom is -0.351 e. The minimum absolute atomic E-state index is 0.149. The third-order valence-corrected chi connectivity index (χ3v) is 3.37. The lowest BCUT2D eigenvalue weighted by Crippen LogP contribution is -2.44. The van der Waals surface area contributed by atoms with Gasteiger partial charge in [-0.2, -0.15) is 0 Å². The van der Waals surface area contributed by atoms with Crippen LogP contribution in [0.2, 0.25) is 0 Å². The van der Waals surface area contributed by atoms with Gasteiger partial charge in [-0.05, 0) is 27.3 Å². The number of nitrogens with one attached hydrogen (secondary N) is 1. The molecule has 1 N–H and O–H groups in total. The van der Waals surface area contributed by atoms with Crippen molar-refractivity contribution in [2.75, 3.05) is 19.8 Å². The van der Waals surface area contributed by atoms with Gasteiger partial charge in [0.2, 0.25) is 0 Å². The van der Waals surface area contributed by atoms with Gasteiger partial charge in [-0.3, -0.25) is 0 Å². The zero-order valence-corrected chi connectivity index (χ0v) is 12.5. The van der Waals surface area contributed by atoms with Crippen LogP contribution >= 0.6 is 11.3 Å². The maximum Gasteiger partial charge on any atom is 0.173 e. The Morgan fingerprint density at radius 3 is 2.39 bits per heavy atom. The van der Waals surface area contributed by atoms with Crippen molar-refractivity contribution in [3.05, 3.63) is 16.1 Å². The van der Waals surface area contributed by atoms with Gasteiger partial charge in [0.05, 0.1) is 16.7 Å². The van der Waals surface area contributed by atoms with Gasteiger partial charge in [0.1, 0.15) is 0 Å². The Kier molecular flexibility index (Phi) is 7.42. The summed E-state index contributed by atoms with van der Waals surface area (Å²) in [4.78, 5) is 4.50. The van der Waals surface area contributed by atoms with Crippen LogP contribution in [-0.4, -0.2) is 37.1 Å². The number of hydrogen-bond acceptors (Lipinski definition) is 5. The number of aromatic nitrogens is 1. The molecule has 0 radical (unpaired) electrons. The molecule has 0 aromatic carbocycles. The molecule has 0 saturated carbocycles. The van der Waals surface area contributed by atoms with E-state index in [4.69, 9.17) is 9.47 Å². The second kappa shape index (κ2) is 8.58. The van der Waals surface area contributed by atoms with Gasteiger partial charge in [0.15, 0.2) is 6.29 Å². The first-order chi connectivity index (χ1) is 8.71. The standard InChI is InChI=1S/C13H24N2O2S/c1-5-14-12(13(16-6-2)17-7-3)8-11-9-18-10(4)15-11/h9,12-14H,5-8H2,1-4H3. The van der Waals surface area contributed by atoms with Crippen LogP contribution in [0, 0.1) is 6.92 Å². The Bertz CT molecular complexity index is 325. The van der Waals surface area contributed by atoms with Crippen molar-refractivity contribution in [2.45, 2.75) is 46.4 Å². The Hall–Kier alpha value is -0.490. The molecule has 104 valence electrons. The van der Waals surface area contributed by atoms with Crippen LogP contribution in [0.3, 0.4) is 0 Å². The zero-order chi connectivity index (χ0) is 13.4. The molecule has 0 aliphatic heterocycles.